The Morgan fingerprint density at radius 3 is 2.70 bits per heavy atom. The molecule has 0 unspecified atom stereocenters. The highest BCUT2D eigenvalue weighted by Crippen LogP contribution is 2.28. The van der Waals surface area contributed by atoms with E-state index in [1.54, 1.807) is 0 Å². The number of aryl methyl sites for hydroxylation is 1. The molecule has 1 saturated heterocycles. The van der Waals surface area contributed by atoms with Gasteiger partial charge in [0.25, 0.3) is 5.91 Å². The van der Waals surface area contributed by atoms with E-state index in [4.69, 9.17) is 0 Å². The van der Waals surface area contributed by atoms with Gasteiger partial charge in [-0.1, -0.05) is 18.2 Å². The summed E-state index contributed by atoms with van der Waals surface area (Å²) >= 11 is 0. The SMILES string of the molecule is Cc1cc(C2CCN(C(=O)c3cc4ccccc4[nH]3)CC2)n[nH]1. The average Bonchev–Trinajstić information content (AvgIpc) is 3.20. The molecule has 0 spiro atoms. The molecule has 4 rings (SSSR count). The van der Waals surface area contributed by atoms with Crippen molar-refractivity contribution in [2.24, 2.45) is 0 Å². The minimum atomic E-state index is 0.0952. The largest absolute Gasteiger partial charge is 0.351 e. The second-order valence-corrected chi connectivity index (χ2v) is 6.31. The van der Waals surface area contributed by atoms with E-state index in [1.165, 1.54) is 0 Å². The number of amides is 1. The van der Waals surface area contributed by atoms with Crippen LogP contribution < -0.4 is 0 Å². The molecule has 0 aliphatic carbocycles. The van der Waals surface area contributed by atoms with Crippen LogP contribution in [-0.4, -0.2) is 39.1 Å². The number of H-pyrrole nitrogens is 2. The Morgan fingerprint density at radius 1 is 1.22 bits per heavy atom. The first kappa shape index (κ1) is 14.1. The van der Waals surface area contributed by atoms with Crippen LogP contribution in [0.15, 0.2) is 36.4 Å². The van der Waals surface area contributed by atoms with Crippen molar-refractivity contribution in [2.45, 2.75) is 25.7 Å². The molecule has 0 bridgehead atoms. The van der Waals surface area contributed by atoms with Gasteiger partial charge in [-0.15, -0.1) is 0 Å². The quantitative estimate of drug-likeness (QED) is 0.763. The molecule has 3 heterocycles. The van der Waals surface area contributed by atoms with Crippen molar-refractivity contribution < 1.29 is 4.79 Å². The zero-order valence-corrected chi connectivity index (χ0v) is 13.2. The van der Waals surface area contributed by atoms with E-state index in [1.807, 2.05) is 42.2 Å². The van der Waals surface area contributed by atoms with Gasteiger partial charge in [-0.2, -0.15) is 5.10 Å². The molecule has 2 aromatic heterocycles. The summed E-state index contributed by atoms with van der Waals surface area (Å²) in [7, 11) is 0. The molecule has 5 heteroatoms. The Labute approximate surface area is 134 Å². The van der Waals surface area contributed by atoms with Gasteiger partial charge in [-0.3, -0.25) is 9.89 Å². The summed E-state index contributed by atoms with van der Waals surface area (Å²) in [6.45, 7) is 3.58. The number of likely N-dealkylation sites (tertiary alicyclic amines) is 1. The first-order valence-electron chi connectivity index (χ1n) is 8.09. The first-order chi connectivity index (χ1) is 11.2. The number of piperidine rings is 1. The van der Waals surface area contributed by atoms with Gasteiger partial charge in [0, 0.05) is 35.6 Å². The lowest BCUT2D eigenvalue weighted by atomic mass is 9.93. The third kappa shape index (κ3) is 2.63. The van der Waals surface area contributed by atoms with E-state index >= 15 is 0 Å². The van der Waals surface area contributed by atoms with E-state index < -0.39 is 0 Å². The second kappa shape index (κ2) is 5.57. The molecule has 1 fully saturated rings. The third-order valence-corrected chi connectivity index (χ3v) is 4.69. The minimum Gasteiger partial charge on any atom is -0.351 e. The molecule has 0 saturated carbocycles. The molecule has 2 N–H and O–H groups in total. The molecule has 118 valence electrons. The van der Waals surface area contributed by atoms with E-state index in [9.17, 15) is 4.79 Å². The average molecular weight is 308 g/mol. The fraction of sp³-hybridized carbons (Fsp3) is 0.333. The Morgan fingerprint density at radius 2 is 2.00 bits per heavy atom. The summed E-state index contributed by atoms with van der Waals surface area (Å²) in [6, 6.07) is 12.0. The predicted molar refractivity (Wildman–Crippen MR) is 89.5 cm³/mol. The molecule has 0 radical (unpaired) electrons. The van der Waals surface area contributed by atoms with Crippen molar-refractivity contribution >= 4 is 16.8 Å². The van der Waals surface area contributed by atoms with Crippen LogP contribution in [0.4, 0.5) is 0 Å². The van der Waals surface area contributed by atoms with Crippen LogP contribution in [0.3, 0.4) is 0 Å². The Bertz CT molecular complexity index is 806. The number of carbonyl (C=O) groups is 1. The molecular weight excluding hydrogens is 288 g/mol. The number of aromatic nitrogens is 3. The number of carbonyl (C=O) groups excluding carboxylic acids is 1. The van der Waals surface area contributed by atoms with Crippen molar-refractivity contribution in [3.63, 3.8) is 0 Å². The van der Waals surface area contributed by atoms with Crippen molar-refractivity contribution in [1.29, 1.82) is 0 Å². The molecule has 1 aliphatic rings. The summed E-state index contributed by atoms with van der Waals surface area (Å²) in [6.07, 6.45) is 1.94. The van der Waals surface area contributed by atoms with E-state index in [0.717, 1.165) is 48.2 Å². The standard InChI is InChI=1S/C18H20N4O/c1-12-10-16(21-20-12)13-6-8-22(9-7-13)18(23)17-11-14-4-2-3-5-15(14)19-17/h2-5,10-11,13,19H,6-9H2,1H3,(H,20,21). The van der Waals surface area contributed by atoms with Gasteiger partial charge in [0.1, 0.15) is 5.69 Å². The molecule has 3 aromatic rings. The fourth-order valence-electron chi connectivity index (χ4n) is 3.39. The maximum absolute atomic E-state index is 12.7. The normalized spacial score (nSPS) is 16.1. The molecule has 5 nitrogen and oxygen atoms in total. The number of aromatic amines is 2. The van der Waals surface area contributed by atoms with E-state index in [0.29, 0.717) is 11.6 Å². The van der Waals surface area contributed by atoms with Crippen LogP contribution in [-0.2, 0) is 0 Å². The van der Waals surface area contributed by atoms with Crippen molar-refractivity contribution in [1.82, 2.24) is 20.1 Å². The van der Waals surface area contributed by atoms with Crippen molar-refractivity contribution in [3.05, 3.63) is 53.5 Å². The topological polar surface area (TPSA) is 64.8 Å². The Kier molecular flexibility index (Phi) is 3.41. The number of para-hydroxylation sites is 1. The number of fused-ring (bicyclic) bond motifs is 1. The van der Waals surface area contributed by atoms with Crippen LogP contribution in [0.5, 0.6) is 0 Å². The van der Waals surface area contributed by atoms with Crippen LogP contribution in [0.2, 0.25) is 0 Å². The van der Waals surface area contributed by atoms with Gasteiger partial charge in [0.15, 0.2) is 0 Å². The highest BCUT2D eigenvalue weighted by atomic mass is 16.2. The molecule has 23 heavy (non-hydrogen) atoms. The van der Waals surface area contributed by atoms with Crippen LogP contribution in [0.1, 0.15) is 40.6 Å². The molecular formula is C18H20N4O. The van der Waals surface area contributed by atoms with Gasteiger partial charge in [-0.25, -0.2) is 0 Å². The highest BCUT2D eigenvalue weighted by Gasteiger charge is 2.26. The number of hydrogen-bond donors (Lipinski definition) is 2. The van der Waals surface area contributed by atoms with Gasteiger partial charge >= 0.3 is 0 Å². The molecule has 1 aliphatic heterocycles. The van der Waals surface area contributed by atoms with Gasteiger partial charge < -0.3 is 9.88 Å². The maximum atomic E-state index is 12.7. The lowest BCUT2D eigenvalue weighted by molar-refractivity contribution is 0.0707. The van der Waals surface area contributed by atoms with Gasteiger partial charge in [-0.05, 0) is 38.0 Å². The van der Waals surface area contributed by atoms with Crippen LogP contribution in [0.25, 0.3) is 10.9 Å². The third-order valence-electron chi connectivity index (χ3n) is 4.69. The summed E-state index contributed by atoms with van der Waals surface area (Å²) in [5, 5.41) is 8.45. The van der Waals surface area contributed by atoms with Gasteiger partial charge in [0.05, 0.1) is 5.69 Å². The van der Waals surface area contributed by atoms with E-state index in [2.05, 4.69) is 21.2 Å². The number of benzene rings is 1. The number of hydrogen-bond acceptors (Lipinski definition) is 2. The number of nitrogens with zero attached hydrogens (tertiary/aromatic N) is 2. The zero-order chi connectivity index (χ0) is 15.8. The monoisotopic (exact) mass is 308 g/mol. The van der Waals surface area contributed by atoms with Crippen molar-refractivity contribution in [3.8, 4) is 0 Å². The Balaban J connectivity index is 1.46. The lowest BCUT2D eigenvalue weighted by Gasteiger charge is -2.31. The summed E-state index contributed by atoms with van der Waals surface area (Å²) < 4.78 is 0. The van der Waals surface area contributed by atoms with Crippen LogP contribution in [0, 0.1) is 6.92 Å². The minimum absolute atomic E-state index is 0.0952. The lowest BCUT2D eigenvalue weighted by Crippen LogP contribution is -2.38. The number of nitrogens with one attached hydrogen (secondary N) is 2. The maximum Gasteiger partial charge on any atom is 0.270 e. The second-order valence-electron chi connectivity index (χ2n) is 6.31. The summed E-state index contributed by atoms with van der Waals surface area (Å²) in [5.74, 6) is 0.546. The predicted octanol–water partition coefficient (Wildman–Crippen LogP) is 3.22. The van der Waals surface area contributed by atoms with E-state index in [-0.39, 0.29) is 5.91 Å². The molecule has 1 amide bonds. The fourth-order valence-corrected chi connectivity index (χ4v) is 3.39. The van der Waals surface area contributed by atoms with Crippen LogP contribution >= 0.6 is 0 Å². The van der Waals surface area contributed by atoms with Gasteiger partial charge in [0.2, 0.25) is 0 Å². The Hall–Kier alpha value is -2.56. The number of rotatable bonds is 2. The molecule has 1 aromatic carbocycles. The zero-order valence-electron chi connectivity index (χ0n) is 13.2. The first-order valence-corrected chi connectivity index (χ1v) is 8.09. The molecule has 0 atom stereocenters. The summed E-state index contributed by atoms with van der Waals surface area (Å²) in [5.41, 5.74) is 3.91. The summed E-state index contributed by atoms with van der Waals surface area (Å²) in [4.78, 5) is 17.9. The smallest absolute Gasteiger partial charge is 0.270 e. The van der Waals surface area contributed by atoms with Crippen molar-refractivity contribution in [2.75, 3.05) is 13.1 Å². The highest BCUT2D eigenvalue weighted by molar-refractivity contribution is 5.98.